The number of hydrogen-bond donors (Lipinski definition) is 1. The molecule has 1 saturated carbocycles. The second kappa shape index (κ2) is 2.74. The molecule has 0 saturated heterocycles. The highest BCUT2D eigenvalue weighted by Crippen LogP contribution is 2.49. The third kappa shape index (κ3) is 1.31. The molecule has 13 heavy (non-hydrogen) atoms. The van der Waals surface area contributed by atoms with Gasteiger partial charge < -0.3 is 10.5 Å². The molecule has 0 radical (unpaired) electrons. The van der Waals surface area contributed by atoms with Gasteiger partial charge in [0.15, 0.2) is 0 Å². The van der Waals surface area contributed by atoms with Gasteiger partial charge in [-0.05, 0) is 30.0 Å². The lowest BCUT2D eigenvalue weighted by atomic mass is 10.0. The molecule has 1 aromatic rings. The third-order valence-corrected chi connectivity index (χ3v) is 2.99. The first kappa shape index (κ1) is 8.57. The van der Waals surface area contributed by atoms with Gasteiger partial charge in [-0.2, -0.15) is 0 Å². The highest BCUT2D eigenvalue weighted by molar-refractivity contribution is 5.35. The minimum atomic E-state index is -0.0632. The molecule has 1 aromatic carbocycles. The Bertz CT molecular complexity index is 306. The van der Waals surface area contributed by atoms with Crippen LogP contribution in [0.2, 0.25) is 0 Å². The summed E-state index contributed by atoms with van der Waals surface area (Å²) in [6.45, 7) is 2.18. The average molecular weight is 177 g/mol. The van der Waals surface area contributed by atoms with Gasteiger partial charge in [-0.1, -0.05) is 19.1 Å². The summed E-state index contributed by atoms with van der Waals surface area (Å²) in [5.74, 6) is 1.50. The van der Waals surface area contributed by atoms with Gasteiger partial charge in [-0.15, -0.1) is 0 Å². The predicted octanol–water partition coefficient (Wildman–Crippen LogP) is 1.89. The van der Waals surface area contributed by atoms with E-state index in [1.165, 1.54) is 5.56 Å². The van der Waals surface area contributed by atoms with Crippen molar-refractivity contribution in [3.05, 3.63) is 29.8 Å². The normalized spacial score (nSPS) is 31.5. The smallest absolute Gasteiger partial charge is 0.118 e. The molecule has 2 unspecified atom stereocenters. The largest absolute Gasteiger partial charge is 0.497 e. The second-order valence-corrected chi connectivity index (χ2v) is 3.87. The maximum absolute atomic E-state index is 6.16. The van der Waals surface area contributed by atoms with Crippen LogP contribution < -0.4 is 10.5 Å². The van der Waals surface area contributed by atoms with Crippen LogP contribution in [0.1, 0.15) is 18.9 Å². The summed E-state index contributed by atoms with van der Waals surface area (Å²) < 4.78 is 5.09. The van der Waals surface area contributed by atoms with Crippen LogP contribution in [0.15, 0.2) is 24.3 Å². The summed E-state index contributed by atoms with van der Waals surface area (Å²) >= 11 is 0. The lowest BCUT2D eigenvalue weighted by Crippen LogP contribution is -2.21. The molecule has 0 heterocycles. The number of methoxy groups -OCH3 is 1. The summed E-state index contributed by atoms with van der Waals surface area (Å²) in [5, 5.41) is 0. The van der Waals surface area contributed by atoms with E-state index in [1.807, 2.05) is 12.1 Å². The van der Waals surface area contributed by atoms with E-state index in [4.69, 9.17) is 10.5 Å². The molecule has 1 aliphatic carbocycles. The Balaban J connectivity index is 2.24. The van der Waals surface area contributed by atoms with E-state index in [-0.39, 0.29) is 5.54 Å². The van der Waals surface area contributed by atoms with Crippen molar-refractivity contribution in [2.75, 3.05) is 7.11 Å². The van der Waals surface area contributed by atoms with E-state index in [0.717, 1.165) is 12.2 Å². The van der Waals surface area contributed by atoms with E-state index in [0.29, 0.717) is 5.92 Å². The van der Waals surface area contributed by atoms with Gasteiger partial charge in [-0.3, -0.25) is 0 Å². The SMILES string of the molecule is COc1ccc(C2(N)CC2C)cc1. The number of ether oxygens (including phenoxy) is 1. The van der Waals surface area contributed by atoms with Crippen LogP contribution in [-0.2, 0) is 5.54 Å². The van der Waals surface area contributed by atoms with Crippen LogP contribution >= 0.6 is 0 Å². The van der Waals surface area contributed by atoms with Crippen molar-refractivity contribution in [2.45, 2.75) is 18.9 Å². The van der Waals surface area contributed by atoms with Crippen LogP contribution in [-0.4, -0.2) is 7.11 Å². The van der Waals surface area contributed by atoms with Crippen LogP contribution in [0.3, 0.4) is 0 Å². The lowest BCUT2D eigenvalue weighted by Gasteiger charge is -2.10. The van der Waals surface area contributed by atoms with Crippen LogP contribution in [0, 0.1) is 5.92 Å². The fourth-order valence-corrected chi connectivity index (χ4v) is 1.75. The highest BCUT2D eigenvalue weighted by Gasteiger charge is 2.48. The number of benzene rings is 1. The average Bonchev–Trinajstić information content (AvgIpc) is 2.76. The zero-order valence-corrected chi connectivity index (χ0v) is 8.08. The monoisotopic (exact) mass is 177 g/mol. The van der Waals surface area contributed by atoms with Crippen molar-refractivity contribution >= 4 is 0 Å². The maximum Gasteiger partial charge on any atom is 0.118 e. The molecule has 1 aliphatic rings. The molecule has 2 heteroatoms. The number of hydrogen-bond acceptors (Lipinski definition) is 2. The third-order valence-electron chi connectivity index (χ3n) is 2.99. The van der Waals surface area contributed by atoms with E-state index >= 15 is 0 Å². The summed E-state index contributed by atoms with van der Waals surface area (Å²) in [4.78, 5) is 0. The molecule has 0 spiro atoms. The van der Waals surface area contributed by atoms with Crippen molar-refractivity contribution in [1.82, 2.24) is 0 Å². The minimum absolute atomic E-state index is 0.0632. The van der Waals surface area contributed by atoms with Gasteiger partial charge in [0.1, 0.15) is 5.75 Å². The zero-order chi connectivity index (χ0) is 9.47. The van der Waals surface area contributed by atoms with E-state index in [2.05, 4.69) is 19.1 Å². The quantitative estimate of drug-likeness (QED) is 0.748. The van der Waals surface area contributed by atoms with Gasteiger partial charge in [0, 0.05) is 5.54 Å². The molecule has 2 N–H and O–H groups in total. The second-order valence-electron chi connectivity index (χ2n) is 3.87. The lowest BCUT2D eigenvalue weighted by molar-refractivity contribution is 0.414. The van der Waals surface area contributed by atoms with Crippen molar-refractivity contribution < 1.29 is 4.74 Å². The molecule has 2 nitrogen and oxygen atoms in total. The van der Waals surface area contributed by atoms with Crippen molar-refractivity contribution in [2.24, 2.45) is 11.7 Å². The van der Waals surface area contributed by atoms with Crippen molar-refractivity contribution in [3.8, 4) is 5.75 Å². The predicted molar refractivity (Wildman–Crippen MR) is 52.6 cm³/mol. The molecular weight excluding hydrogens is 162 g/mol. The van der Waals surface area contributed by atoms with Crippen molar-refractivity contribution in [1.29, 1.82) is 0 Å². The molecule has 0 aromatic heterocycles. The summed E-state index contributed by atoms with van der Waals surface area (Å²) in [6, 6.07) is 8.05. The molecule has 2 atom stereocenters. The van der Waals surface area contributed by atoms with Crippen molar-refractivity contribution in [3.63, 3.8) is 0 Å². The van der Waals surface area contributed by atoms with Crippen LogP contribution in [0.5, 0.6) is 5.75 Å². The van der Waals surface area contributed by atoms with Gasteiger partial charge in [0.25, 0.3) is 0 Å². The zero-order valence-electron chi connectivity index (χ0n) is 8.08. The Labute approximate surface area is 78.7 Å². The van der Waals surface area contributed by atoms with E-state index < -0.39 is 0 Å². The Hall–Kier alpha value is -1.02. The fourth-order valence-electron chi connectivity index (χ4n) is 1.75. The first-order valence-electron chi connectivity index (χ1n) is 4.60. The molecule has 0 bridgehead atoms. The number of rotatable bonds is 2. The standard InChI is InChI=1S/C11H15NO/c1-8-7-11(8,12)9-3-5-10(13-2)6-4-9/h3-6,8H,7,12H2,1-2H3. The van der Waals surface area contributed by atoms with Gasteiger partial charge in [-0.25, -0.2) is 0 Å². The number of nitrogens with two attached hydrogens (primary N) is 1. The topological polar surface area (TPSA) is 35.2 Å². The van der Waals surface area contributed by atoms with Crippen LogP contribution in [0.25, 0.3) is 0 Å². The fraction of sp³-hybridized carbons (Fsp3) is 0.455. The Morgan fingerprint density at radius 3 is 2.31 bits per heavy atom. The molecule has 0 aliphatic heterocycles. The van der Waals surface area contributed by atoms with Crippen LogP contribution in [0.4, 0.5) is 0 Å². The Morgan fingerprint density at radius 1 is 1.38 bits per heavy atom. The maximum atomic E-state index is 6.16. The molecular formula is C11H15NO. The summed E-state index contributed by atoms with van der Waals surface area (Å²) in [7, 11) is 1.67. The Morgan fingerprint density at radius 2 is 1.92 bits per heavy atom. The van der Waals surface area contributed by atoms with E-state index in [9.17, 15) is 0 Å². The first-order chi connectivity index (χ1) is 6.16. The van der Waals surface area contributed by atoms with E-state index in [1.54, 1.807) is 7.11 Å². The first-order valence-corrected chi connectivity index (χ1v) is 4.60. The molecule has 1 fully saturated rings. The summed E-state index contributed by atoms with van der Waals surface area (Å²) in [6.07, 6.45) is 1.10. The molecule has 2 rings (SSSR count). The minimum Gasteiger partial charge on any atom is -0.497 e. The highest BCUT2D eigenvalue weighted by atomic mass is 16.5. The Kier molecular flexibility index (Phi) is 1.81. The summed E-state index contributed by atoms with van der Waals surface area (Å²) in [5.41, 5.74) is 7.32. The van der Waals surface area contributed by atoms with Gasteiger partial charge >= 0.3 is 0 Å². The molecule has 0 amide bonds. The molecule has 70 valence electrons. The van der Waals surface area contributed by atoms with Gasteiger partial charge in [0.05, 0.1) is 7.11 Å². The van der Waals surface area contributed by atoms with Gasteiger partial charge in [0.2, 0.25) is 0 Å².